The first-order valence-corrected chi connectivity index (χ1v) is 7.94. The predicted molar refractivity (Wildman–Crippen MR) is 95.0 cm³/mol. The Morgan fingerprint density at radius 3 is 2.50 bits per heavy atom. The number of anilines is 4. The second kappa shape index (κ2) is 6.94. The van der Waals surface area contributed by atoms with Crippen molar-refractivity contribution in [2.45, 2.75) is 0 Å². The van der Waals surface area contributed by atoms with Crippen molar-refractivity contribution in [1.82, 2.24) is 15.2 Å². The maximum atomic E-state index is 8.84. The largest absolute Gasteiger partial charge is 0.486 e. The highest BCUT2D eigenvalue weighted by atomic mass is 16.6. The number of ether oxygens (including phenoxy) is 2. The lowest BCUT2D eigenvalue weighted by Gasteiger charge is -2.19. The summed E-state index contributed by atoms with van der Waals surface area (Å²) < 4.78 is 11.1. The highest BCUT2D eigenvalue weighted by molar-refractivity contribution is 5.62. The van der Waals surface area contributed by atoms with E-state index in [0.29, 0.717) is 36.3 Å². The minimum atomic E-state index is 0.345. The number of nitriles is 1. The molecule has 26 heavy (non-hydrogen) atoms. The third-order valence-corrected chi connectivity index (χ3v) is 3.64. The quantitative estimate of drug-likeness (QED) is 0.743. The zero-order valence-corrected chi connectivity index (χ0v) is 13.6. The molecule has 0 saturated carbocycles. The fourth-order valence-electron chi connectivity index (χ4n) is 2.44. The van der Waals surface area contributed by atoms with Crippen LogP contribution in [0.3, 0.4) is 0 Å². The second-order valence-electron chi connectivity index (χ2n) is 5.46. The van der Waals surface area contributed by atoms with Crippen molar-refractivity contribution in [2.24, 2.45) is 0 Å². The first-order chi connectivity index (χ1) is 12.8. The van der Waals surface area contributed by atoms with Gasteiger partial charge in [-0.25, -0.2) is 0 Å². The molecule has 0 fully saturated rings. The minimum Gasteiger partial charge on any atom is -0.486 e. The van der Waals surface area contributed by atoms with Crippen LogP contribution in [0.1, 0.15) is 5.56 Å². The van der Waals surface area contributed by atoms with Gasteiger partial charge < -0.3 is 20.1 Å². The summed E-state index contributed by atoms with van der Waals surface area (Å²) in [5.74, 6) is 2.30. The molecule has 8 heteroatoms. The molecular formula is C18H14N6O2. The summed E-state index contributed by atoms with van der Waals surface area (Å²) in [6, 6.07) is 14.6. The lowest BCUT2D eigenvalue weighted by atomic mass is 10.2. The predicted octanol–water partition coefficient (Wildman–Crippen LogP) is 3.00. The number of hydrogen-bond donors (Lipinski definition) is 2. The smallest absolute Gasteiger partial charge is 0.249 e. The van der Waals surface area contributed by atoms with Crippen LogP contribution in [-0.2, 0) is 0 Å². The molecule has 0 unspecified atom stereocenters. The van der Waals surface area contributed by atoms with Crippen molar-refractivity contribution in [3.05, 3.63) is 54.2 Å². The van der Waals surface area contributed by atoms with E-state index in [2.05, 4.69) is 31.9 Å². The highest BCUT2D eigenvalue weighted by Gasteiger charge is 2.12. The summed E-state index contributed by atoms with van der Waals surface area (Å²) in [6.45, 7) is 1.09. The maximum absolute atomic E-state index is 8.84. The molecule has 1 aromatic heterocycles. The summed E-state index contributed by atoms with van der Waals surface area (Å²) in [7, 11) is 0. The molecule has 1 aliphatic rings. The van der Waals surface area contributed by atoms with Gasteiger partial charge in [0.25, 0.3) is 0 Å². The third-order valence-electron chi connectivity index (χ3n) is 3.64. The third kappa shape index (κ3) is 3.47. The fourth-order valence-corrected chi connectivity index (χ4v) is 2.44. The van der Waals surface area contributed by atoms with Gasteiger partial charge in [0.2, 0.25) is 5.95 Å². The molecule has 8 nitrogen and oxygen atoms in total. The van der Waals surface area contributed by atoms with Crippen LogP contribution in [0.25, 0.3) is 0 Å². The van der Waals surface area contributed by atoms with Gasteiger partial charge in [-0.1, -0.05) is 0 Å². The monoisotopic (exact) mass is 346 g/mol. The number of rotatable bonds is 4. The van der Waals surface area contributed by atoms with E-state index in [-0.39, 0.29) is 0 Å². The number of fused-ring (bicyclic) bond motifs is 1. The van der Waals surface area contributed by atoms with E-state index in [1.807, 2.05) is 18.2 Å². The second-order valence-corrected chi connectivity index (χ2v) is 5.46. The van der Waals surface area contributed by atoms with Gasteiger partial charge in [0.1, 0.15) is 13.2 Å². The van der Waals surface area contributed by atoms with Gasteiger partial charge in [0.05, 0.1) is 17.8 Å². The van der Waals surface area contributed by atoms with Gasteiger partial charge in [-0.15, -0.1) is 5.10 Å². The SMILES string of the molecule is N#Cc1ccc(Nc2nncc(Nc3ccc4c(c3)OCCO4)n2)cc1. The van der Waals surface area contributed by atoms with E-state index < -0.39 is 0 Å². The number of aromatic nitrogens is 3. The van der Waals surface area contributed by atoms with Crippen molar-refractivity contribution in [3.63, 3.8) is 0 Å². The molecule has 0 saturated heterocycles. The summed E-state index contributed by atoms with van der Waals surface area (Å²) in [4.78, 5) is 4.39. The van der Waals surface area contributed by atoms with Crippen LogP contribution >= 0.6 is 0 Å². The Labute approximate surface area is 149 Å². The number of nitrogens with zero attached hydrogens (tertiary/aromatic N) is 4. The number of nitrogens with one attached hydrogen (secondary N) is 2. The molecule has 0 spiro atoms. The molecule has 4 rings (SSSR count). The molecule has 0 radical (unpaired) electrons. The molecule has 0 aliphatic carbocycles. The highest BCUT2D eigenvalue weighted by Crippen LogP contribution is 2.33. The molecule has 128 valence electrons. The van der Waals surface area contributed by atoms with Crippen LogP contribution in [0.4, 0.5) is 23.1 Å². The van der Waals surface area contributed by atoms with Gasteiger partial charge in [-0.05, 0) is 36.4 Å². The van der Waals surface area contributed by atoms with Crippen LogP contribution in [0.2, 0.25) is 0 Å². The van der Waals surface area contributed by atoms with Crippen LogP contribution < -0.4 is 20.1 Å². The average molecular weight is 346 g/mol. The molecule has 1 aliphatic heterocycles. The summed E-state index contributed by atoms with van der Waals surface area (Å²) >= 11 is 0. The summed E-state index contributed by atoms with van der Waals surface area (Å²) in [6.07, 6.45) is 1.53. The summed E-state index contributed by atoms with van der Waals surface area (Å²) in [5, 5.41) is 23.0. The lowest BCUT2D eigenvalue weighted by Crippen LogP contribution is -2.15. The number of hydrogen-bond acceptors (Lipinski definition) is 8. The molecule has 0 bridgehead atoms. The van der Waals surface area contributed by atoms with Gasteiger partial charge >= 0.3 is 0 Å². The molecule has 2 heterocycles. The van der Waals surface area contributed by atoms with Crippen molar-refractivity contribution < 1.29 is 9.47 Å². The van der Waals surface area contributed by atoms with Crippen molar-refractivity contribution in [2.75, 3.05) is 23.8 Å². The van der Waals surface area contributed by atoms with Gasteiger partial charge in [-0.3, -0.25) is 0 Å². The van der Waals surface area contributed by atoms with Crippen molar-refractivity contribution in [1.29, 1.82) is 5.26 Å². The van der Waals surface area contributed by atoms with E-state index in [4.69, 9.17) is 14.7 Å². The standard InChI is InChI=1S/C18H14N6O2/c19-10-12-1-3-13(4-2-12)22-18-23-17(11-20-24-18)21-14-5-6-15-16(9-14)26-8-7-25-15/h1-6,9,11H,7-8H2,(H2,21,22,23,24). The first kappa shape index (κ1) is 15.7. The summed E-state index contributed by atoms with van der Waals surface area (Å²) in [5.41, 5.74) is 2.16. The Hall–Kier alpha value is -3.86. The van der Waals surface area contributed by atoms with E-state index in [1.54, 1.807) is 24.3 Å². The maximum Gasteiger partial charge on any atom is 0.249 e. The molecule has 3 aromatic rings. The number of benzene rings is 2. The fraction of sp³-hybridized carbons (Fsp3) is 0.111. The van der Waals surface area contributed by atoms with Crippen LogP contribution in [0, 0.1) is 11.3 Å². The van der Waals surface area contributed by atoms with E-state index in [0.717, 1.165) is 17.1 Å². The Morgan fingerprint density at radius 2 is 1.69 bits per heavy atom. The van der Waals surface area contributed by atoms with E-state index in [1.165, 1.54) is 6.20 Å². The van der Waals surface area contributed by atoms with E-state index >= 15 is 0 Å². The van der Waals surface area contributed by atoms with Gasteiger partial charge in [0, 0.05) is 17.4 Å². The molecule has 0 amide bonds. The minimum absolute atomic E-state index is 0.345. The van der Waals surface area contributed by atoms with Gasteiger partial charge in [-0.2, -0.15) is 15.3 Å². The van der Waals surface area contributed by atoms with Crippen LogP contribution in [0.5, 0.6) is 11.5 Å². The average Bonchev–Trinajstić information content (AvgIpc) is 2.69. The molecular weight excluding hydrogens is 332 g/mol. The molecule has 2 aromatic carbocycles. The zero-order valence-electron chi connectivity index (χ0n) is 13.6. The first-order valence-electron chi connectivity index (χ1n) is 7.94. The Kier molecular flexibility index (Phi) is 4.18. The van der Waals surface area contributed by atoms with Crippen molar-refractivity contribution >= 4 is 23.1 Å². The normalized spacial score (nSPS) is 12.1. The van der Waals surface area contributed by atoms with Gasteiger partial charge in [0.15, 0.2) is 17.3 Å². The lowest BCUT2D eigenvalue weighted by molar-refractivity contribution is 0.171. The molecule has 2 N–H and O–H groups in total. The van der Waals surface area contributed by atoms with Crippen LogP contribution in [-0.4, -0.2) is 28.4 Å². The Morgan fingerprint density at radius 1 is 0.923 bits per heavy atom. The Bertz CT molecular complexity index is 968. The van der Waals surface area contributed by atoms with Crippen LogP contribution in [0.15, 0.2) is 48.7 Å². The van der Waals surface area contributed by atoms with Crippen molar-refractivity contribution in [3.8, 4) is 17.6 Å². The molecule has 0 atom stereocenters. The zero-order chi connectivity index (χ0) is 17.8. The topological polar surface area (TPSA) is 105 Å². The Balaban J connectivity index is 1.49. The van der Waals surface area contributed by atoms with E-state index in [9.17, 15) is 0 Å².